The Morgan fingerprint density at radius 2 is 0.886 bits per heavy atom. The van der Waals surface area contributed by atoms with Crippen LogP contribution in [0, 0.1) is 11.8 Å². The number of aliphatic hydroxyl groups is 2. The topological polar surface area (TPSA) is 65.4 Å². The molecule has 0 unspecified atom stereocenters. The Kier molecular flexibility index (Phi) is 20.8. The molecule has 0 spiro atoms. The van der Waals surface area contributed by atoms with Crippen molar-refractivity contribution in [3.63, 3.8) is 0 Å². The van der Waals surface area contributed by atoms with Crippen molar-refractivity contribution in [3.05, 3.63) is 59.7 Å². The molecule has 6 nitrogen and oxygen atoms in total. The predicted octanol–water partition coefficient (Wildman–Crippen LogP) is 7.60. The Morgan fingerprint density at radius 1 is 0.568 bits per heavy atom. The Bertz CT molecular complexity index is 895. The molecular formula is C34H52Cl4N2O4. The van der Waals surface area contributed by atoms with Crippen LogP contribution in [0.5, 0.6) is 11.5 Å². The number of halogens is 4. The zero-order valence-corrected chi connectivity index (χ0v) is 29.4. The van der Waals surface area contributed by atoms with E-state index >= 15 is 0 Å². The number of alkyl halides is 4. The van der Waals surface area contributed by atoms with Crippen LogP contribution in [0.25, 0.3) is 0 Å². The summed E-state index contributed by atoms with van der Waals surface area (Å²) in [6.07, 6.45) is 1.81. The van der Waals surface area contributed by atoms with Crippen LogP contribution < -0.4 is 9.47 Å². The number of hydrogen-bond acceptors (Lipinski definition) is 6. The molecule has 2 aromatic rings. The Hall–Kier alpha value is -0.960. The SMILES string of the molecule is CCCOc1ccc([C@@H](O)[C@@H](CC[C@H](CN(CCCl)CCCl)[C@@H](O)c2ccc(OCCC)cc2)CN(CCCl)CCCl)cc1. The minimum Gasteiger partial charge on any atom is -0.494 e. The molecule has 0 aliphatic carbocycles. The smallest absolute Gasteiger partial charge is 0.119 e. The summed E-state index contributed by atoms with van der Waals surface area (Å²) in [6, 6.07) is 15.4. The van der Waals surface area contributed by atoms with Gasteiger partial charge in [0, 0.05) is 74.6 Å². The molecule has 2 rings (SSSR count). The molecule has 250 valence electrons. The second-order valence-corrected chi connectivity index (χ2v) is 12.7. The first-order valence-corrected chi connectivity index (χ1v) is 18.0. The monoisotopic (exact) mass is 692 g/mol. The van der Waals surface area contributed by atoms with Crippen molar-refractivity contribution >= 4 is 46.4 Å². The highest BCUT2D eigenvalue weighted by Crippen LogP contribution is 2.34. The normalized spacial score (nSPS) is 14.5. The van der Waals surface area contributed by atoms with Gasteiger partial charge >= 0.3 is 0 Å². The molecule has 0 aromatic heterocycles. The highest BCUT2D eigenvalue weighted by atomic mass is 35.5. The highest BCUT2D eigenvalue weighted by Gasteiger charge is 2.29. The summed E-state index contributed by atoms with van der Waals surface area (Å²) in [6.45, 7) is 9.43. The fraction of sp³-hybridized carbons (Fsp3) is 0.647. The van der Waals surface area contributed by atoms with Crippen LogP contribution in [0.4, 0.5) is 0 Å². The van der Waals surface area contributed by atoms with Gasteiger partial charge in [0.1, 0.15) is 11.5 Å². The van der Waals surface area contributed by atoms with Gasteiger partial charge in [0.05, 0.1) is 25.4 Å². The molecule has 0 radical (unpaired) electrons. The molecule has 0 saturated carbocycles. The molecule has 0 saturated heterocycles. The van der Waals surface area contributed by atoms with Crippen LogP contribution >= 0.6 is 46.4 Å². The summed E-state index contributed by atoms with van der Waals surface area (Å²) >= 11 is 24.5. The molecule has 0 aliphatic heterocycles. The lowest BCUT2D eigenvalue weighted by Gasteiger charge is -2.34. The third kappa shape index (κ3) is 14.2. The highest BCUT2D eigenvalue weighted by molar-refractivity contribution is 6.18. The average molecular weight is 695 g/mol. The second-order valence-electron chi connectivity index (χ2n) is 11.2. The van der Waals surface area contributed by atoms with Gasteiger partial charge in [-0.25, -0.2) is 0 Å². The molecule has 0 amide bonds. The third-order valence-corrected chi connectivity index (χ3v) is 8.45. The van der Waals surface area contributed by atoms with Gasteiger partial charge < -0.3 is 29.5 Å². The van der Waals surface area contributed by atoms with Crippen molar-refractivity contribution in [2.75, 3.05) is 76.0 Å². The largest absolute Gasteiger partial charge is 0.494 e. The summed E-state index contributed by atoms with van der Waals surface area (Å²) in [4.78, 5) is 4.42. The lowest BCUT2D eigenvalue weighted by atomic mass is 9.84. The summed E-state index contributed by atoms with van der Waals surface area (Å²) in [5.74, 6) is 3.28. The molecule has 0 aliphatic rings. The summed E-state index contributed by atoms with van der Waals surface area (Å²) < 4.78 is 11.5. The van der Waals surface area contributed by atoms with Crippen molar-refractivity contribution in [1.82, 2.24) is 9.80 Å². The van der Waals surface area contributed by atoms with Crippen LogP contribution in [0.3, 0.4) is 0 Å². The average Bonchev–Trinajstić information content (AvgIpc) is 3.04. The molecule has 2 aromatic carbocycles. The van der Waals surface area contributed by atoms with E-state index in [0.29, 0.717) is 88.8 Å². The van der Waals surface area contributed by atoms with E-state index in [1.807, 2.05) is 48.5 Å². The van der Waals surface area contributed by atoms with E-state index in [1.54, 1.807) is 0 Å². The predicted molar refractivity (Wildman–Crippen MR) is 186 cm³/mol. The van der Waals surface area contributed by atoms with E-state index < -0.39 is 12.2 Å². The maximum absolute atomic E-state index is 11.7. The van der Waals surface area contributed by atoms with Crippen molar-refractivity contribution in [3.8, 4) is 11.5 Å². The van der Waals surface area contributed by atoms with Gasteiger partial charge in [0.2, 0.25) is 0 Å². The second kappa shape index (κ2) is 23.4. The molecule has 44 heavy (non-hydrogen) atoms. The van der Waals surface area contributed by atoms with Gasteiger partial charge in [-0.1, -0.05) is 38.1 Å². The van der Waals surface area contributed by atoms with Crippen LogP contribution in [0.1, 0.15) is 62.9 Å². The van der Waals surface area contributed by atoms with E-state index in [9.17, 15) is 10.2 Å². The molecule has 0 bridgehead atoms. The van der Waals surface area contributed by atoms with Crippen LogP contribution in [-0.4, -0.2) is 96.0 Å². The lowest BCUT2D eigenvalue weighted by Crippen LogP contribution is -2.37. The quantitative estimate of drug-likeness (QED) is 0.104. The van der Waals surface area contributed by atoms with Gasteiger partial charge in [-0.05, 0) is 61.1 Å². The fourth-order valence-electron chi connectivity index (χ4n) is 5.36. The van der Waals surface area contributed by atoms with Gasteiger partial charge in [-0.2, -0.15) is 0 Å². The molecule has 10 heteroatoms. The molecule has 2 N–H and O–H groups in total. The van der Waals surface area contributed by atoms with E-state index in [-0.39, 0.29) is 11.8 Å². The minimum absolute atomic E-state index is 0.113. The standard InChI is InChI=1S/C34H52Cl4N2O4/c1-3-23-43-31-11-7-27(8-12-31)33(41)29(25-39(19-15-35)20-16-36)5-6-30(26-40(21-17-37)22-18-38)34(42)28-9-13-32(14-10-28)44-24-4-2/h7-14,29-30,33-34,41-42H,3-6,15-26H2,1-2H3/t29-,30+,33+,34-. The Morgan fingerprint density at radius 3 is 1.16 bits per heavy atom. The van der Waals surface area contributed by atoms with Crippen molar-refractivity contribution in [2.45, 2.75) is 51.7 Å². The van der Waals surface area contributed by atoms with Gasteiger partial charge in [0.25, 0.3) is 0 Å². The Labute approximate surface area is 285 Å². The first-order chi connectivity index (χ1) is 21.4. The van der Waals surface area contributed by atoms with Crippen molar-refractivity contribution in [1.29, 1.82) is 0 Å². The van der Waals surface area contributed by atoms with Crippen LogP contribution in [0.2, 0.25) is 0 Å². The van der Waals surface area contributed by atoms with Gasteiger partial charge in [0.15, 0.2) is 0 Å². The summed E-state index contributed by atoms with van der Waals surface area (Å²) in [5, 5.41) is 23.4. The molecular weight excluding hydrogens is 642 g/mol. The van der Waals surface area contributed by atoms with Crippen LogP contribution in [0.15, 0.2) is 48.5 Å². The Balaban J connectivity index is 2.32. The summed E-state index contributed by atoms with van der Waals surface area (Å²) in [5.41, 5.74) is 1.67. The number of nitrogens with zero attached hydrogens (tertiary/aromatic N) is 2. The van der Waals surface area contributed by atoms with E-state index in [2.05, 4.69) is 23.6 Å². The maximum Gasteiger partial charge on any atom is 0.119 e. The van der Waals surface area contributed by atoms with Crippen molar-refractivity contribution in [2.24, 2.45) is 11.8 Å². The summed E-state index contributed by atoms with van der Waals surface area (Å²) in [7, 11) is 0. The van der Waals surface area contributed by atoms with Crippen LogP contribution in [-0.2, 0) is 0 Å². The minimum atomic E-state index is -0.710. The number of aliphatic hydroxyl groups excluding tert-OH is 2. The number of rotatable bonds is 25. The number of benzene rings is 2. The van der Waals surface area contributed by atoms with E-state index in [1.165, 1.54) is 0 Å². The molecule has 4 atom stereocenters. The maximum atomic E-state index is 11.7. The molecule has 0 fully saturated rings. The van der Waals surface area contributed by atoms with Gasteiger partial charge in [-0.15, -0.1) is 46.4 Å². The number of ether oxygens (including phenoxy) is 2. The van der Waals surface area contributed by atoms with E-state index in [4.69, 9.17) is 55.9 Å². The first-order valence-electron chi connectivity index (χ1n) is 15.9. The zero-order chi connectivity index (χ0) is 32.2. The fourth-order valence-corrected chi connectivity index (χ4v) is 6.32. The van der Waals surface area contributed by atoms with Crippen molar-refractivity contribution < 1.29 is 19.7 Å². The zero-order valence-electron chi connectivity index (χ0n) is 26.4. The molecule has 0 heterocycles. The van der Waals surface area contributed by atoms with Gasteiger partial charge in [-0.3, -0.25) is 0 Å². The lowest BCUT2D eigenvalue weighted by molar-refractivity contribution is 0.0469. The first kappa shape index (κ1) is 39.2. The third-order valence-electron chi connectivity index (χ3n) is 7.78. The van der Waals surface area contributed by atoms with E-state index in [0.717, 1.165) is 35.5 Å². The number of hydrogen-bond donors (Lipinski definition) is 2.